The number of piperidine rings is 1. The van der Waals surface area contributed by atoms with Crippen LogP contribution in [0.15, 0.2) is 65.0 Å². The minimum absolute atomic E-state index is 0.169. The summed E-state index contributed by atoms with van der Waals surface area (Å²) in [6, 6.07) is 17.3. The zero-order chi connectivity index (χ0) is 23.5. The number of hydrogen-bond acceptors (Lipinski definition) is 3. The number of aryl methyl sites for hydroxylation is 2. The van der Waals surface area contributed by atoms with E-state index >= 15 is 0 Å². The van der Waals surface area contributed by atoms with E-state index in [0.717, 1.165) is 87.3 Å². The van der Waals surface area contributed by atoms with Crippen LogP contribution in [0.3, 0.4) is 0 Å². The Morgan fingerprint density at radius 3 is 2.35 bits per heavy atom. The van der Waals surface area contributed by atoms with Crippen LogP contribution < -0.4 is 5.56 Å². The summed E-state index contributed by atoms with van der Waals surface area (Å²) in [5.41, 5.74) is 6.85. The van der Waals surface area contributed by atoms with Crippen molar-refractivity contribution in [1.82, 2.24) is 14.5 Å². The fraction of sp³-hybridized carbons (Fsp3) is 0.379. The summed E-state index contributed by atoms with van der Waals surface area (Å²) in [6.45, 7) is 5.59. The second kappa shape index (κ2) is 10.1. The van der Waals surface area contributed by atoms with E-state index in [1.807, 2.05) is 29.7 Å². The highest BCUT2D eigenvalue weighted by Crippen LogP contribution is 2.32. The standard InChI is InChI=1S/C29H32FN3O/c1-21-26(29(34)33-17-6-5-9-27(33)31-21)16-20-32-18-14-24(15-19-32)28(22-7-3-2-4-8-22)23-10-12-25(30)13-11-23/h2-4,7-8,10-13H,5-6,9,14-20H2,1H3. The Kier molecular flexibility index (Phi) is 6.73. The third-order valence-corrected chi connectivity index (χ3v) is 7.27. The summed E-state index contributed by atoms with van der Waals surface area (Å²) < 4.78 is 15.5. The van der Waals surface area contributed by atoms with Crippen molar-refractivity contribution in [1.29, 1.82) is 0 Å². The molecule has 4 nitrogen and oxygen atoms in total. The SMILES string of the molecule is Cc1nc2n(c(=O)c1CCN1CCC(=C(c3ccccc3)c3ccc(F)cc3)CC1)CCCC2. The fourth-order valence-electron chi connectivity index (χ4n) is 5.38. The topological polar surface area (TPSA) is 38.1 Å². The first-order chi connectivity index (χ1) is 16.6. The number of nitrogens with zero attached hydrogens (tertiary/aromatic N) is 3. The van der Waals surface area contributed by atoms with Gasteiger partial charge in [-0.3, -0.25) is 9.36 Å². The van der Waals surface area contributed by atoms with Gasteiger partial charge in [0.25, 0.3) is 5.56 Å². The van der Waals surface area contributed by atoms with E-state index in [1.54, 1.807) is 12.1 Å². The van der Waals surface area contributed by atoms with Crippen molar-refractivity contribution in [2.75, 3.05) is 19.6 Å². The van der Waals surface area contributed by atoms with Gasteiger partial charge < -0.3 is 4.90 Å². The van der Waals surface area contributed by atoms with E-state index in [1.165, 1.54) is 16.7 Å². The van der Waals surface area contributed by atoms with Crippen LogP contribution in [-0.2, 0) is 19.4 Å². The molecule has 3 aromatic rings. The molecule has 2 aliphatic heterocycles. The number of benzene rings is 2. The smallest absolute Gasteiger partial charge is 0.256 e. The Hall–Kier alpha value is -3.05. The summed E-state index contributed by atoms with van der Waals surface area (Å²) in [6.07, 6.45) is 5.80. The van der Waals surface area contributed by atoms with Crippen LogP contribution in [0.4, 0.5) is 4.39 Å². The van der Waals surface area contributed by atoms with E-state index in [0.29, 0.717) is 0 Å². The molecule has 2 aromatic carbocycles. The van der Waals surface area contributed by atoms with Gasteiger partial charge in [0.2, 0.25) is 0 Å². The lowest BCUT2D eigenvalue weighted by atomic mass is 9.88. The quantitative estimate of drug-likeness (QED) is 0.531. The zero-order valence-corrected chi connectivity index (χ0v) is 19.9. The van der Waals surface area contributed by atoms with Crippen LogP contribution in [0.25, 0.3) is 5.57 Å². The van der Waals surface area contributed by atoms with Crippen molar-refractivity contribution in [3.8, 4) is 0 Å². The Morgan fingerprint density at radius 1 is 0.912 bits per heavy atom. The van der Waals surface area contributed by atoms with Gasteiger partial charge in [0, 0.05) is 43.9 Å². The third kappa shape index (κ3) is 4.76. The Bertz CT molecular complexity index is 1230. The largest absolute Gasteiger partial charge is 0.302 e. The molecule has 5 rings (SSSR count). The maximum atomic E-state index is 13.6. The van der Waals surface area contributed by atoms with Gasteiger partial charge >= 0.3 is 0 Å². The average Bonchev–Trinajstić information content (AvgIpc) is 2.87. The minimum atomic E-state index is -0.209. The monoisotopic (exact) mass is 457 g/mol. The second-order valence-electron chi connectivity index (χ2n) is 9.45. The van der Waals surface area contributed by atoms with Crippen molar-refractivity contribution in [2.45, 2.75) is 52.0 Å². The van der Waals surface area contributed by atoms with Crippen LogP contribution >= 0.6 is 0 Å². The molecule has 0 aliphatic carbocycles. The van der Waals surface area contributed by atoms with Crippen LogP contribution in [0.2, 0.25) is 0 Å². The number of halogens is 1. The molecule has 0 spiro atoms. The van der Waals surface area contributed by atoms with Crippen molar-refractivity contribution < 1.29 is 4.39 Å². The van der Waals surface area contributed by atoms with E-state index in [2.05, 4.69) is 29.2 Å². The summed E-state index contributed by atoms with van der Waals surface area (Å²) in [7, 11) is 0. The first-order valence-electron chi connectivity index (χ1n) is 12.4. The number of likely N-dealkylation sites (tertiary alicyclic amines) is 1. The molecule has 0 saturated carbocycles. The summed E-state index contributed by atoms with van der Waals surface area (Å²) >= 11 is 0. The number of rotatable bonds is 5. The van der Waals surface area contributed by atoms with E-state index in [4.69, 9.17) is 4.98 Å². The molecule has 0 amide bonds. The maximum absolute atomic E-state index is 13.6. The summed E-state index contributed by atoms with van der Waals surface area (Å²) in [5.74, 6) is 0.748. The van der Waals surface area contributed by atoms with Gasteiger partial charge in [-0.15, -0.1) is 0 Å². The molecule has 0 radical (unpaired) electrons. The normalized spacial score (nSPS) is 16.4. The van der Waals surface area contributed by atoms with Crippen molar-refractivity contribution in [3.05, 3.63) is 105 Å². The second-order valence-corrected chi connectivity index (χ2v) is 9.45. The van der Waals surface area contributed by atoms with Crippen LogP contribution in [0.5, 0.6) is 0 Å². The molecule has 5 heteroatoms. The first-order valence-corrected chi connectivity index (χ1v) is 12.4. The van der Waals surface area contributed by atoms with Gasteiger partial charge in [-0.1, -0.05) is 48.0 Å². The highest BCUT2D eigenvalue weighted by Gasteiger charge is 2.21. The molecule has 2 aliphatic rings. The Balaban J connectivity index is 1.32. The number of aromatic nitrogens is 2. The lowest BCUT2D eigenvalue weighted by Crippen LogP contribution is -2.36. The maximum Gasteiger partial charge on any atom is 0.256 e. The molecule has 0 N–H and O–H groups in total. The lowest BCUT2D eigenvalue weighted by Gasteiger charge is -2.30. The number of hydrogen-bond donors (Lipinski definition) is 0. The van der Waals surface area contributed by atoms with Crippen molar-refractivity contribution >= 4 is 5.57 Å². The van der Waals surface area contributed by atoms with Crippen LogP contribution in [0, 0.1) is 12.7 Å². The molecule has 1 saturated heterocycles. The summed E-state index contributed by atoms with van der Waals surface area (Å²) in [4.78, 5) is 20.3. The van der Waals surface area contributed by atoms with E-state index in [-0.39, 0.29) is 11.4 Å². The van der Waals surface area contributed by atoms with Crippen LogP contribution in [-0.4, -0.2) is 34.1 Å². The highest BCUT2D eigenvalue weighted by molar-refractivity contribution is 5.82. The molecule has 3 heterocycles. The first kappa shape index (κ1) is 22.7. The predicted octanol–water partition coefficient (Wildman–Crippen LogP) is 5.17. The van der Waals surface area contributed by atoms with Crippen molar-refractivity contribution in [3.63, 3.8) is 0 Å². The van der Waals surface area contributed by atoms with Gasteiger partial charge in [0.1, 0.15) is 11.6 Å². The van der Waals surface area contributed by atoms with Crippen LogP contribution in [0.1, 0.15) is 53.9 Å². The highest BCUT2D eigenvalue weighted by atomic mass is 19.1. The van der Waals surface area contributed by atoms with Gasteiger partial charge in [-0.2, -0.15) is 0 Å². The van der Waals surface area contributed by atoms with Crippen molar-refractivity contribution in [2.24, 2.45) is 0 Å². The lowest BCUT2D eigenvalue weighted by molar-refractivity contribution is 0.259. The van der Waals surface area contributed by atoms with Gasteiger partial charge in [0.05, 0.1) is 0 Å². The van der Waals surface area contributed by atoms with E-state index in [9.17, 15) is 9.18 Å². The van der Waals surface area contributed by atoms with E-state index < -0.39 is 0 Å². The molecule has 0 bridgehead atoms. The summed E-state index contributed by atoms with van der Waals surface area (Å²) in [5, 5.41) is 0. The average molecular weight is 458 g/mol. The fourth-order valence-corrected chi connectivity index (χ4v) is 5.38. The minimum Gasteiger partial charge on any atom is -0.302 e. The third-order valence-electron chi connectivity index (χ3n) is 7.27. The zero-order valence-electron chi connectivity index (χ0n) is 19.9. The molecule has 1 fully saturated rings. The van der Waals surface area contributed by atoms with Gasteiger partial charge in [-0.25, -0.2) is 9.37 Å². The van der Waals surface area contributed by atoms with Gasteiger partial charge in [0.15, 0.2) is 0 Å². The Labute approximate surface area is 200 Å². The van der Waals surface area contributed by atoms with Gasteiger partial charge in [-0.05, 0) is 67.9 Å². The molecule has 1 aromatic heterocycles. The molecule has 0 atom stereocenters. The molecular weight excluding hydrogens is 425 g/mol. The molecule has 0 unspecified atom stereocenters. The molecule has 34 heavy (non-hydrogen) atoms. The molecule has 176 valence electrons. The number of fused-ring (bicyclic) bond motifs is 1. The molecular formula is C29H32FN3O. The Morgan fingerprint density at radius 2 is 1.62 bits per heavy atom. The predicted molar refractivity (Wildman–Crippen MR) is 134 cm³/mol.